The topological polar surface area (TPSA) is 41.6 Å². The van der Waals surface area contributed by atoms with Crippen LogP contribution in [0.3, 0.4) is 0 Å². The number of methoxy groups -OCH3 is 1. The van der Waals surface area contributed by atoms with Gasteiger partial charge in [0.15, 0.2) is 0 Å². The summed E-state index contributed by atoms with van der Waals surface area (Å²) >= 11 is 0. The first-order valence-corrected chi connectivity index (χ1v) is 11.0. The third-order valence-electron chi connectivity index (χ3n) is 6.71. The van der Waals surface area contributed by atoms with Crippen LogP contribution in [0.2, 0.25) is 0 Å². The lowest BCUT2D eigenvalue weighted by Gasteiger charge is -2.32. The van der Waals surface area contributed by atoms with Crippen molar-refractivity contribution in [3.8, 4) is 5.75 Å². The normalized spacial score (nSPS) is 20.4. The number of hydrogen-bond acceptors (Lipinski definition) is 3. The highest BCUT2D eigenvalue weighted by molar-refractivity contribution is 5.82. The number of nitrogens with zero attached hydrogens (tertiary/aromatic N) is 1. The van der Waals surface area contributed by atoms with Gasteiger partial charge in [0.2, 0.25) is 5.91 Å². The molecule has 0 aromatic heterocycles. The van der Waals surface area contributed by atoms with E-state index in [4.69, 9.17) is 4.74 Å². The fraction of sp³-hybridized carbons (Fsp3) is 0.423. The van der Waals surface area contributed by atoms with E-state index in [1.54, 1.807) is 7.11 Å². The van der Waals surface area contributed by atoms with Crippen LogP contribution in [0.25, 0.3) is 6.08 Å². The largest absolute Gasteiger partial charge is 0.496 e. The van der Waals surface area contributed by atoms with Gasteiger partial charge < -0.3 is 10.1 Å². The molecule has 158 valence electrons. The Kier molecular flexibility index (Phi) is 6.53. The van der Waals surface area contributed by atoms with Gasteiger partial charge in [-0.2, -0.15) is 0 Å². The summed E-state index contributed by atoms with van der Waals surface area (Å²) in [6.45, 7) is 3.82. The lowest BCUT2D eigenvalue weighted by Crippen LogP contribution is -2.37. The van der Waals surface area contributed by atoms with Crippen LogP contribution in [0.5, 0.6) is 5.75 Å². The molecule has 0 unspecified atom stereocenters. The van der Waals surface area contributed by atoms with Crippen molar-refractivity contribution >= 4 is 12.0 Å². The maximum atomic E-state index is 12.6. The Balaban J connectivity index is 1.18. The third kappa shape index (κ3) is 4.93. The Morgan fingerprint density at radius 3 is 2.63 bits per heavy atom. The van der Waals surface area contributed by atoms with Gasteiger partial charge >= 0.3 is 0 Å². The molecule has 1 saturated carbocycles. The summed E-state index contributed by atoms with van der Waals surface area (Å²) in [4.78, 5) is 15.1. The van der Waals surface area contributed by atoms with Gasteiger partial charge in [0.05, 0.1) is 7.11 Å². The predicted octanol–water partition coefficient (Wildman–Crippen LogP) is 4.17. The first-order valence-electron chi connectivity index (χ1n) is 11.0. The van der Waals surface area contributed by atoms with E-state index in [-0.39, 0.29) is 17.2 Å². The predicted molar refractivity (Wildman–Crippen MR) is 121 cm³/mol. The summed E-state index contributed by atoms with van der Waals surface area (Å²) in [6.07, 6.45) is 8.59. The highest BCUT2D eigenvalue weighted by Gasteiger charge is 2.58. The van der Waals surface area contributed by atoms with Gasteiger partial charge in [-0.25, -0.2) is 0 Å². The summed E-state index contributed by atoms with van der Waals surface area (Å²) < 4.78 is 5.41. The second kappa shape index (κ2) is 9.48. The van der Waals surface area contributed by atoms with Crippen molar-refractivity contribution < 1.29 is 9.53 Å². The van der Waals surface area contributed by atoms with Gasteiger partial charge in [-0.05, 0) is 55.8 Å². The van der Waals surface area contributed by atoms with Crippen LogP contribution in [-0.4, -0.2) is 44.1 Å². The van der Waals surface area contributed by atoms with Gasteiger partial charge in [0, 0.05) is 24.6 Å². The molecule has 0 bridgehead atoms. The Labute approximate surface area is 179 Å². The summed E-state index contributed by atoms with van der Waals surface area (Å²) in [5, 5.41) is 3.16. The number of piperidine rings is 1. The second-order valence-electron chi connectivity index (χ2n) is 8.59. The number of ether oxygens (including phenoxy) is 1. The molecule has 2 aliphatic rings. The minimum absolute atomic E-state index is 0.222. The van der Waals surface area contributed by atoms with Crippen molar-refractivity contribution in [2.24, 2.45) is 11.3 Å². The lowest BCUT2D eigenvalue weighted by molar-refractivity contribution is -0.123. The molecule has 1 amide bonds. The fourth-order valence-electron chi connectivity index (χ4n) is 4.68. The average Bonchev–Trinajstić information content (AvgIpc) is 3.49. The first-order chi connectivity index (χ1) is 14.7. The molecule has 4 heteroatoms. The van der Waals surface area contributed by atoms with Crippen molar-refractivity contribution in [2.75, 3.05) is 33.3 Å². The smallest absolute Gasteiger partial charge is 0.223 e. The van der Waals surface area contributed by atoms with E-state index in [1.807, 2.05) is 36.4 Å². The monoisotopic (exact) mass is 404 g/mol. The minimum Gasteiger partial charge on any atom is -0.496 e. The zero-order chi connectivity index (χ0) is 20.8. The van der Waals surface area contributed by atoms with Crippen LogP contribution >= 0.6 is 0 Å². The molecule has 1 atom stereocenters. The van der Waals surface area contributed by atoms with E-state index in [0.717, 1.165) is 63.2 Å². The molecule has 30 heavy (non-hydrogen) atoms. The van der Waals surface area contributed by atoms with Crippen molar-refractivity contribution in [3.05, 3.63) is 71.8 Å². The molecule has 0 radical (unpaired) electrons. The summed E-state index contributed by atoms with van der Waals surface area (Å²) in [5.74, 6) is 1.39. The maximum Gasteiger partial charge on any atom is 0.223 e. The number of carbonyl (C=O) groups is 1. The van der Waals surface area contributed by atoms with E-state index in [0.29, 0.717) is 0 Å². The number of benzene rings is 2. The van der Waals surface area contributed by atoms with Gasteiger partial charge in [-0.15, -0.1) is 0 Å². The van der Waals surface area contributed by atoms with Crippen molar-refractivity contribution in [3.63, 3.8) is 0 Å². The molecule has 4 nitrogen and oxygen atoms in total. The molecule has 1 aliphatic carbocycles. The van der Waals surface area contributed by atoms with Crippen molar-refractivity contribution in [1.29, 1.82) is 0 Å². The van der Waals surface area contributed by atoms with Crippen LogP contribution in [0.4, 0.5) is 0 Å². The molecule has 2 aromatic carbocycles. The summed E-state index contributed by atoms with van der Waals surface area (Å²) in [6, 6.07) is 18.4. The summed E-state index contributed by atoms with van der Waals surface area (Å²) in [7, 11) is 1.71. The van der Waals surface area contributed by atoms with E-state index in [2.05, 4.69) is 40.6 Å². The quantitative estimate of drug-likeness (QED) is 0.718. The Hall–Kier alpha value is -2.59. The first kappa shape index (κ1) is 20.7. The van der Waals surface area contributed by atoms with E-state index >= 15 is 0 Å². The van der Waals surface area contributed by atoms with Crippen LogP contribution in [0.1, 0.15) is 30.4 Å². The van der Waals surface area contributed by atoms with E-state index in [9.17, 15) is 4.79 Å². The molecule has 1 N–H and O–H groups in total. The van der Waals surface area contributed by atoms with Gasteiger partial charge in [0.25, 0.3) is 0 Å². The van der Waals surface area contributed by atoms with Crippen LogP contribution in [0, 0.1) is 11.3 Å². The number of hydrogen-bond donors (Lipinski definition) is 1. The molecular formula is C26H32N2O2. The van der Waals surface area contributed by atoms with Crippen LogP contribution in [0.15, 0.2) is 60.7 Å². The molecule has 1 heterocycles. The summed E-state index contributed by atoms with van der Waals surface area (Å²) in [5.41, 5.74) is 2.65. The molecule has 2 aromatic rings. The average molecular weight is 405 g/mol. The minimum atomic E-state index is 0.222. The van der Waals surface area contributed by atoms with E-state index < -0.39 is 0 Å². The Morgan fingerprint density at radius 2 is 1.87 bits per heavy atom. The lowest BCUT2D eigenvalue weighted by atomic mass is 9.90. The number of nitrogens with one attached hydrogen (secondary N) is 1. The van der Waals surface area contributed by atoms with Crippen molar-refractivity contribution in [2.45, 2.75) is 25.7 Å². The number of rotatable bonds is 8. The molecule has 1 aliphatic heterocycles. The Morgan fingerprint density at radius 1 is 1.13 bits per heavy atom. The second-order valence-corrected chi connectivity index (χ2v) is 8.59. The molecule has 1 spiro atoms. The van der Waals surface area contributed by atoms with Gasteiger partial charge in [-0.3, -0.25) is 9.69 Å². The highest BCUT2D eigenvalue weighted by Crippen LogP contribution is 2.59. The number of amides is 1. The maximum absolute atomic E-state index is 12.6. The zero-order valence-corrected chi connectivity index (χ0v) is 17.8. The van der Waals surface area contributed by atoms with Crippen LogP contribution in [-0.2, 0) is 11.2 Å². The molecule has 2 fully saturated rings. The van der Waals surface area contributed by atoms with Crippen LogP contribution < -0.4 is 10.1 Å². The molecular weight excluding hydrogens is 372 g/mol. The SMILES string of the molecule is COc1ccccc1/C=C/CN1CCC2(CC1)C[C@@H]2C(=O)NCCc1ccccc1. The zero-order valence-electron chi connectivity index (χ0n) is 17.8. The van der Waals surface area contributed by atoms with Gasteiger partial charge in [0.1, 0.15) is 5.75 Å². The van der Waals surface area contributed by atoms with Crippen molar-refractivity contribution in [1.82, 2.24) is 10.2 Å². The fourth-order valence-corrected chi connectivity index (χ4v) is 4.68. The number of likely N-dealkylation sites (tertiary alicyclic amines) is 1. The number of para-hydroxylation sites is 1. The standard InChI is InChI=1S/C26H32N2O2/c1-30-24-12-6-5-10-22(24)11-7-17-28-18-14-26(15-19-28)20-23(26)25(29)27-16-13-21-8-3-2-4-9-21/h2-12,23H,13-20H2,1H3,(H,27,29)/b11-7+/t23-/m1/s1. The third-order valence-corrected chi connectivity index (χ3v) is 6.71. The Bertz CT molecular complexity index is 870. The van der Waals surface area contributed by atoms with Gasteiger partial charge in [-0.1, -0.05) is 60.7 Å². The number of carbonyl (C=O) groups excluding carboxylic acids is 1. The molecule has 4 rings (SSSR count). The van der Waals surface area contributed by atoms with E-state index in [1.165, 1.54) is 5.56 Å². The molecule has 1 saturated heterocycles. The highest BCUT2D eigenvalue weighted by atomic mass is 16.5.